The number of aromatic nitrogens is 1. The molecular weight excluding hydrogens is 452 g/mol. The van der Waals surface area contributed by atoms with Crippen molar-refractivity contribution in [2.24, 2.45) is 5.92 Å². The molecule has 1 N–H and O–H groups in total. The molecule has 2 unspecified atom stereocenters. The zero-order valence-corrected chi connectivity index (χ0v) is 20.6. The second kappa shape index (κ2) is 9.85. The summed E-state index contributed by atoms with van der Waals surface area (Å²) in [6.07, 6.45) is 2.69. The van der Waals surface area contributed by atoms with E-state index in [1.54, 1.807) is 42.5 Å². The third-order valence-corrected chi connectivity index (χ3v) is 7.00. The number of fused-ring (bicyclic) bond motifs is 4. The van der Waals surface area contributed by atoms with E-state index in [0.717, 1.165) is 23.4 Å². The summed E-state index contributed by atoms with van der Waals surface area (Å²) in [5.74, 6) is -0.238. The number of pyridine rings is 1. The summed E-state index contributed by atoms with van der Waals surface area (Å²) in [6.45, 7) is 1.67. The van der Waals surface area contributed by atoms with Crippen LogP contribution in [0.25, 0.3) is 6.08 Å². The average molecular weight is 483 g/mol. The van der Waals surface area contributed by atoms with Gasteiger partial charge in [-0.2, -0.15) is 0 Å². The number of likely N-dealkylation sites (tertiary alicyclic amines) is 1. The number of benzene rings is 2. The third-order valence-electron chi connectivity index (χ3n) is 7.00. The molecule has 2 amide bonds. The molecule has 0 radical (unpaired) electrons. The Bertz CT molecular complexity index is 1360. The molecule has 184 valence electrons. The molecule has 1 saturated heterocycles. The van der Waals surface area contributed by atoms with Gasteiger partial charge < -0.3 is 19.7 Å². The number of rotatable bonds is 5. The number of carbonyl (C=O) groups excluding carboxylic acids is 2. The van der Waals surface area contributed by atoms with Gasteiger partial charge in [0.2, 0.25) is 0 Å². The van der Waals surface area contributed by atoms with Gasteiger partial charge in [0, 0.05) is 62.7 Å². The Morgan fingerprint density at radius 2 is 1.67 bits per heavy atom. The summed E-state index contributed by atoms with van der Waals surface area (Å²) in [5.41, 5.74) is 3.60. The Morgan fingerprint density at radius 1 is 0.917 bits per heavy atom. The third kappa shape index (κ3) is 4.82. The van der Waals surface area contributed by atoms with E-state index in [0.29, 0.717) is 25.2 Å². The minimum absolute atomic E-state index is 0.0128. The van der Waals surface area contributed by atoms with Crippen LogP contribution in [-0.4, -0.2) is 48.5 Å². The van der Waals surface area contributed by atoms with Crippen LogP contribution in [0.1, 0.15) is 34.0 Å². The molecule has 2 aromatic carbocycles. The van der Waals surface area contributed by atoms with Crippen molar-refractivity contribution in [3.63, 3.8) is 0 Å². The lowest BCUT2D eigenvalue weighted by Gasteiger charge is -2.43. The number of amides is 2. The second-order valence-electron chi connectivity index (χ2n) is 9.77. The van der Waals surface area contributed by atoms with E-state index < -0.39 is 0 Å². The predicted octanol–water partition coefficient (Wildman–Crippen LogP) is 3.33. The Labute approximate surface area is 210 Å². The van der Waals surface area contributed by atoms with Gasteiger partial charge in [0.15, 0.2) is 0 Å². The molecule has 2 atom stereocenters. The van der Waals surface area contributed by atoms with Crippen LogP contribution in [0.2, 0.25) is 0 Å². The van der Waals surface area contributed by atoms with Gasteiger partial charge in [-0.3, -0.25) is 14.4 Å². The predicted molar refractivity (Wildman–Crippen MR) is 141 cm³/mol. The number of hydrogen-bond acceptors (Lipinski definition) is 4. The van der Waals surface area contributed by atoms with Gasteiger partial charge >= 0.3 is 0 Å². The largest absolute Gasteiger partial charge is 0.378 e. The van der Waals surface area contributed by atoms with Crippen molar-refractivity contribution < 1.29 is 9.59 Å². The maximum atomic E-state index is 13.8. The zero-order chi connectivity index (χ0) is 25.2. The molecule has 1 aromatic heterocycles. The summed E-state index contributed by atoms with van der Waals surface area (Å²) in [5, 5.41) is 2.88. The number of piperidine rings is 1. The minimum atomic E-state index is -0.325. The molecule has 2 aliphatic heterocycles. The van der Waals surface area contributed by atoms with Crippen LogP contribution in [0.3, 0.4) is 0 Å². The minimum Gasteiger partial charge on any atom is -0.378 e. The number of anilines is 1. The van der Waals surface area contributed by atoms with Crippen molar-refractivity contribution >= 4 is 23.6 Å². The molecule has 7 heteroatoms. The fourth-order valence-electron chi connectivity index (χ4n) is 5.20. The molecule has 0 aliphatic carbocycles. The van der Waals surface area contributed by atoms with Crippen molar-refractivity contribution in [3.8, 4) is 0 Å². The van der Waals surface area contributed by atoms with Crippen molar-refractivity contribution in [3.05, 3.63) is 106 Å². The van der Waals surface area contributed by atoms with E-state index in [9.17, 15) is 14.4 Å². The van der Waals surface area contributed by atoms with Crippen molar-refractivity contribution in [2.75, 3.05) is 32.1 Å². The van der Waals surface area contributed by atoms with E-state index in [4.69, 9.17) is 0 Å². The highest BCUT2D eigenvalue weighted by Gasteiger charge is 2.37. The summed E-state index contributed by atoms with van der Waals surface area (Å²) in [6, 6.07) is 22.1. The van der Waals surface area contributed by atoms with E-state index in [2.05, 4.69) is 5.32 Å². The Balaban J connectivity index is 1.44. The van der Waals surface area contributed by atoms with Crippen LogP contribution in [0.15, 0.2) is 83.3 Å². The first kappa shape index (κ1) is 23.6. The zero-order valence-electron chi connectivity index (χ0n) is 20.6. The van der Waals surface area contributed by atoms with E-state index in [1.807, 2.05) is 64.9 Å². The Kier molecular flexibility index (Phi) is 6.46. The fourth-order valence-corrected chi connectivity index (χ4v) is 5.20. The molecule has 5 rings (SSSR count). The van der Waals surface area contributed by atoms with Crippen LogP contribution in [0, 0.1) is 5.92 Å². The molecule has 0 spiro atoms. The molecule has 2 bridgehead atoms. The van der Waals surface area contributed by atoms with Gasteiger partial charge in [-0.1, -0.05) is 36.4 Å². The highest BCUT2D eigenvalue weighted by molar-refractivity contribution is 6.05. The maximum Gasteiger partial charge on any atom is 0.270 e. The number of hydrogen-bond donors (Lipinski definition) is 1. The first-order valence-corrected chi connectivity index (χ1v) is 12.2. The van der Waals surface area contributed by atoms with Crippen LogP contribution < -0.4 is 15.8 Å². The molecule has 1 fully saturated rings. The maximum absolute atomic E-state index is 13.8. The smallest absolute Gasteiger partial charge is 0.270 e. The summed E-state index contributed by atoms with van der Waals surface area (Å²) in [7, 11) is 3.94. The van der Waals surface area contributed by atoms with E-state index in [1.165, 1.54) is 0 Å². The number of nitrogens with zero attached hydrogens (tertiary/aromatic N) is 3. The lowest BCUT2D eigenvalue weighted by Crippen LogP contribution is -2.50. The van der Waals surface area contributed by atoms with E-state index in [-0.39, 0.29) is 34.9 Å². The standard InChI is InChI=1S/C29H30N4O3/c1-31(2)24-13-11-20(12-14-24)16-25(30-28(35)22-7-4-3-5-8-22)29(36)32-17-21-15-23(19-32)26-9-6-10-27(34)33(26)18-21/h3-14,16,21,23H,15,17-19H2,1-2H3,(H,30,35)/b25-16-. The van der Waals surface area contributed by atoms with Crippen LogP contribution in [0.5, 0.6) is 0 Å². The molecule has 2 aliphatic rings. The van der Waals surface area contributed by atoms with Crippen molar-refractivity contribution in [2.45, 2.75) is 18.9 Å². The normalized spacial score (nSPS) is 18.8. The summed E-state index contributed by atoms with van der Waals surface area (Å²) >= 11 is 0. The van der Waals surface area contributed by atoms with Gasteiger partial charge in [0.1, 0.15) is 5.70 Å². The van der Waals surface area contributed by atoms with Gasteiger partial charge in [0.05, 0.1) is 0 Å². The highest BCUT2D eigenvalue weighted by Crippen LogP contribution is 2.35. The molecule has 3 aromatic rings. The molecule has 3 heterocycles. The lowest BCUT2D eigenvalue weighted by molar-refractivity contribution is -0.130. The van der Waals surface area contributed by atoms with Crippen molar-refractivity contribution in [1.29, 1.82) is 0 Å². The quantitative estimate of drug-likeness (QED) is 0.566. The summed E-state index contributed by atoms with van der Waals surface area (Å²) in [4.78, 5) is 43.0. The second-order valence-corrected chi connectivity index (χ2v) is 9.77. The van der Waals surface area contributed by atoms with Gasteiger partial charge in [-0.25, -0.2) is 0 Å². The molecule has 7 nitrogen and oxygen atoms in total. The first-order chi connectivity index (χ1) is 17.4. The van der Waals surface area contributed by atoms with Crippen LogP contribution >= 0.6 is 0 Å². The average Bonchev–Trinajstić information content (AvgIpc) is 2.89. The lowest BCUT2D eigenvalue weighted by atomic mass is 9.83. The topological polar surface area (TPSA) is 74.7 Å². The Morgan fingerprint density at radius 3 is 2.39 bits per heavy atom. The fraction of sp³-hybridized carbons (Fsp3) is 0.276. The SMILES string of the molecule is CN(C)c1ccc(/C=C(\NC(=O)c2ccccc2)C(=O)N2CC3CC(C2)c2cccc(=O)n2C3)cc1. The Hall–Kier alpha value is -4.13. The molecule has 36 heavy (non-hydrogen) atoms. The van der Waals surface area contributed by atoms with Gasteiger partial charge in [-0.05, 0) is 54.3 Å². The van der Waals surface area contributed by atoms with Crippen molar-refractivity contribution in [1.82, 2.24) is 14.8 Å². The van der Waals surface area contributed by atoms with Crippen LogP contribution in [0.4, 0.5) is 5.69 Å². The number of carbonyl (C=O) groups is 2. The summed E-state index contributed by atoms with van der Waals surface area (Å²) < 4.78 is 1.85. The highest BCUT2D eigenvalue weighted by atomic mass is 16.2. The monoisotopic (exact) mass is 482 g/mol. The van der Waals surface area contributed by atoms with Gasteiger partial charge in [-0.15, -0.1) is 0 Å². The molecule has 0 saturated carbocycles. The van der Waals surface area contributed by atoms with Crippen LogP contribution in [-0.2, 0) is 11.3 Å². The van der Waals surface area contributed by atoms with Gasteiger partial charge in [0.25, 0.3) is 17.4 Å². The number of nitrogens with one attached hydrogen (secondary N) is 1. The van der Waals surface area contributed by atoms with E-state index >= 15 is 0 Å². The first-order valence-electron chi connectivity index (χ1n) is 12.2. The molecular formula is C29H30N4O3.